The number of rotatable bonds is 3. The van der Waals surface area contributed by atoms with Crippen molar-refractivity contribution in [3.05, 3.63) is 54.1 Å². The van der Waals surface area contributed by atoms with E-state index in [1.165, 1.54) is 6.07 Å². The molecule has 160 valence electrons. The Morgan fingerprint density at radius 1 is 1.37 bits per heavy atom. The smallest absolute Gasteiger partial charge is 0.356 e. The molecule has 1 saturated heterocycles. The number of guanidine groups is 1. The van der Waals surface area contributed by atoms with Crippen molar-refractivity contribution in [2.75, 3.05) is 26.2 Å². The van der Waals surface area contributed by atoms with Crippen LogP contribution in [0.4, 0.5) is 13.2 Å². The van der Waals surface area contributed by atoms with Gasteiger partial charge in [0.1, 0.15) is 6.54 Å². The number of aromatic nitrogens is 2. The van der Waals surface area contributed by atoms with Gasteiger partial charge in [-0.25, -0.2) is 9.98 Å². The summed E-state index contributed by atoms with van der Waals surface area (Å²) >= 11 is 0. The first-order valence-electron chi connectivity index (χ1n) is 10.0. The van der Waals surface area contributed by atoms with Crippen LogP contribution in [0.3, 0.4) is 0 Å². The zero-order valence-electron chi connectivity index (χ0n) is 17.2. The fraction of sp³-hybridized carbons (Fsp3) is 0.455. The van der Waals surface area contributed by atoms with Crippen molar-refractivity contribution >= 4 is 5.96 Å². The van der Waals surface area contributed by atoms with Gasteiger partial charge in [-0.15, -0.1) is 0 Å². The highest BCUT2D eigenvalue weighted by Gasteiger charge is 2.30. The van der Waals surface area contributed by atoms with Gasteiger partial charge in [-0.1, -0.05) is 24.8 Å². The van der Waals surface area contributed by atoms with E-state index < -0.39 is 11.7 Å². The van der Waals surface area contributed by atoms with E-state index in [-0.39, 0.29) is 6.54 Å². The van der Waals surface area contributed by atoms with E-state index in [0.717, 1.165) is 44.1 Å². The molecule has 1 aliphatic rings. The molecule has 1 N–H and O–H groups in total. The van der Waals surface area contributed by atoms with E-state index in [0.29, 0.717) is 17.5 Å². The molecule has 30 heavy (non-hydrogen) atoms. The van der Waals surface area contributed by atoms with Crippen molar-refractivity contribution in [1.82, 2.24) is 19.8 Å². The molecule has 2 atom stereocenters. The van der Waals surface area contributed by atoms with Crippen LogP contribution in [0.1, 0.15) is 37.4 Å². The van der Waals surface area contributed by atoms with Crippen molar-refractivity contribution in [2.45, 2.75) is 32.5 Å². The van der Waals surface area contributed by atoms with Crippen LogP contribution in [0.2, 0.25) is 0 Å². The van der Waals surface area contributed by atoms with Crippen molar-refractivity contribution in [1.29, 1.82) is 0 Å². The molecule has 1 aliphatic heterocycles. The number of halogens is 3. The lowest BCUT2D eigenvalue weighted by atomic mass is 9.93. The van der Waals surface area contributed by atoms with E-state index in [4.69, 9.17) is 0 Å². The molecule has 1 fully saturated rings. The molecule has 0 aliphatic carbocycles. The monoisotopic (exact) mass is 417 g/mol. The molecule has 1 aromatic heterocycles. The number of hydrogen-bond donors (Lipinski definition) is 1. The maximum Gasteiger partial charge on any atom is 0.416 e. The van der Waals surface area contributed by atoms with Gasteiger partial charge in [-0.05, 0) is 37.5 Å². The van der Waals surface area contributed by atoms with Crippen LogP contribution >= 0.6 is 0 Å². The number of alkyl halides is 3. The minimum Gasteiger partial charge on any atom is -0.356 e. The van der Waals surface area contributed by atoms with Gasteiger partial charge >= 0.3 is 6.18 Å². The lowest BCUT2D eigenvalue weighted by Gasteiger charge is -2.39. The lowest BCUT2D eigenvalue weighted by Crippen LogP contribution is -2.49. The molecule has 2 aromatic rings. The summed E-state index contributed by atoms with van der Waals surface area (Å²) in [7, 11) is 0. The predicted molar refractivity (Wildman–Crippen MR) is 111 cm³/mol. The summed E-state index contributed by atoms with van der Waals surface area (Å²) in [6.07, 6.45) is 2.27. The maximum absolute atomic E-state index is 12.8. The average Bonchev–Trinajstić information content (AvgIpc) is 3.25. The molecule has 0 amide bonds. The van der Waals surface area contributed by atoms with Gasteiger partial charge in [0.05, 0.1) is 17.9 Å². The van der Waals surface area contributed by atoms with Crippen molar-refractivity contribution in [2.24, 2.45) is 10.9 Å². The number of likely N-dealkylation sites (tertiary alicyclic amines) is 1. The zero-order valence-corrected chi connectivity index (χ0v) is 17.2. The number of nitrogens with one attached hydrogen (secondary N) is 1. The SMILES string of the molecule is CCNC(=NCC#Cc1cccc(C(F)(F)F)c1)N1CCC(C)C(n2ccnc2)C1. The Balaban J connectivity index is 1.69. The second kappa shape index (κ2) is 9.70. The Morgan fingerprint density at radius 3 is 2.90 bits per heavy atom. The van der Waals surface area contributed by atoms with Crippen LogP contribution in [0.5, 0.6) is 0 Å². The van der Waals surface area contributed by atoms with Gasteiger partial charge in [0, 0.05) is 37.6 Å². The van der Waals surface area contributed by atoms with E-state index in [2.05, 4.69) is 43.5 Å². The number of hydrogen-bond acceptors (Lipinski definition) is 2. The summed E-state index contributed by atoms with van der Waals surface area (Å²) in [5.41, 5.74) is -0.365. The normalized spacial score (nSPS) is 19.9. The molecule has 0 radical (unpaired) electrons. The minimum absolute atomic E-state index is 0.209. The molecular weight excluding hydrogens is 391 g/mol. The van der Waals surface area contributed by atoms with E-state index in [1.807, 2.05) is 19.4 Å². The Bertz CT molecular complexity index is 909. The van der Waals surface area contributed by atoms with Gasteiger partial charge in [0.2, 0.25) is 0 Å². The predicted octanol–water partition coefficient (Wildman–Crippen LogP) is 3.80. The van der Waals surface area contributed by atoms with Crippen LogP contribution in [0.15, 0.2) is 48.0 Å². The number of piperidine rings is 1. The maximum atomic E-state index is 12.8. The van der Waals surface area contributed by atoms with Crippen LogP contribution in [0, 0.1) is 17.8 Å². The standard InChI is InChI=1S/C22H26F3N5/c1-3-27-21(29-12-9-17(2)20(15-29)30-13-11-26-16-30)28-10-5-7-18-6-4-8-19(14-18)22(23,24)25/h4,6,8,11,13-14,16-17,20H,3,9-10,12,15H2,1-2H3,(H,27,28). The Labute approximate surface area is 175 Å². The lowest BCUT2D eigenvalue weighted by molar-refractivity contribution is -0.137. The Kier molecular flexibility index (Phi) is 7.03. The van der Waals surface area contributed by atoms with E-state index in [9.17, 15) is 13.2 Å². The molecule has 3 rings (SSSR count). The number of nitrogens with zero attached hydrogens (tertiary/aromatic N) is 4. The van der Waals surface area contributed by atoms with Crippen LogP contribution in [-0.4, -0.2) is 46.6 Å². The highest BCUT2D eigenvalue weighted by Crippen LogP contribution is 2.29. The summed E-state index contributed by atoms with van der Waals surface area (Å²) in [6, 6.07) is 5.34. The largest absolute Gasteiger partial charge is 0.416 e. The first-order chi connectivity index (χ1) is 14.4. The Hall–Kier alpha value is -2.95. The van der Waals surface area contributed by atoms with E-state index in [1.54, 1.807) is 12.3 Å². The summed E-state index contributed by atoms with van der Waals surface area (Å²) in [6.45, 7) is 6.88. The highest BCUT2D eigenvalue weighted by atomic mass is 19.4. The molecule has 0 spiro atoms. The molecule has 0 bridgehead atoms. The quantitative estimate of drug-likeness (QED) is 0.469. The molecular formula is C22H26F3N5. The fourth-order valence-corrected chi connectivity index (χ4v) is 3.55. The second-order valence-electron chi connectivity index (χ2n) is 7.34. The average molecular weight is 417 g/mol. The highest BCUT2D eigenvalue weighted by molar-refractivity contribution is 5.80. The molecule has 8 heteroatoms. The minimum atomic E-state index is -4.37. The molecule has 1 aromatic carbocycles. The van der Waals surface area contributed by atoms with Gasteiger partial charge in [0.15, 0.2) is 5.96 Å². The van der Waals surface area contributed by atoms with Crippen LogP contribution in [-0.2, 0) is 6.18 Å². The zero-order chi connectivity index (χ0) is 21.6. The van der Waals surface area contributed by atoms with E-state index >= 15 is 0 Å². The number of imidazole rings is 1. The topological polar surface area (TPSA) is 45.5 Å². The molecule has 2 unspecified atom stereocenters. The summed E-state index contributed by atoms with van der Waals surface area (Å²) in [5, 5.41) is 3.30. The van der Waals surface area contributed by atoms with Crippen molar-refractivity contribution in [3.8, 4) is 11.8 Å². The summed E-state index contributed by atoms with van der Waals surface area (Å²) < 4.78 is 40.6. The van der Waals surface area contributed by atoms with Gasteiger partial charge in [-0.2, -0.15) is 13.2 Å². The van der Waals surface area contributed by atoms with Crippen LogP contribution < -0.4 is 5.32 Å². The third kappa shape index (κ3) is 5.56. The molecule has 5 nitrogen and oxygen atoms in total. The first kappa shape index (κ1) is 21.8. The van der Waals surface area contributed by atoms with Gasteiger partial charge < -0.3 is 14.8 Å². The third-order valence-corrected chi connectivity index (χ3v) is 5.19. The van der Waals surface area contributed by atoms with Crippen LogP contribution in [0.25, 0.3) is 0 Å². The summed E-state index contributed by atoms with van der Waals surface area (Å²) in [5.74, 6) is 6.95. The van der Waals surface area contributed by atoms with Gasteiger partial charge in [-0.3, -0.25) is 0 Å². The first-order valence-corrected chi connectivity index (χ1v) is 10.0. The third-order valence-electron chi connectivity index (χ3n) is 5.19. The molecule has 2 heterocycles. The molecule has 0 saturated carbocycles. The number of benzene rings is 1. The Morgan fingerprint density at radius 2 is 2.20 bits per heavy atom. The second-order valence-corrected chi connectivity index (χ2v) is 7.34. The fourth-order valence-electron chi connectivity index (χ4n) is 3.55. The summed E-state index contributed by atoms with van der Waals surface area (Å²) in [4.78, 5) is 10.9. The number of aliphatic imine (C=N–C) groups is 1. The van der Waals surface area contributed by atoms with Crippen molar-refractivity contribution in [3.63, 3.8) is 0 Å². The van der Waals surface area contributed by atoms with Gasteiger partial charge in [0.25, 0.3) is 0 Å². The van der Waals surface area contributed by atoms with Crippen molar-refractivity contribution < 1.29 is 13.2 Å².